The highest BCUT2D eigenvalue weighted by Crippen LogP contribution is 2.32. The molecule has 0 bridgehead atoms. The number of rotatable bonds is 4. The molecular formula is C19H19NO4. The van der Waals surface area contributed by atoms with Gasteiger partial charge in [-0.2, -0.15) is 0 Å². The van der Waals surface area contributed by atoms with Crippen molar-refractivity contribution in [2.24, 2.45) is 0 Å². The number of carbonyl (C=O) groups is 1. The second-order valence-electron chi connectivity index (χ2n) is 5.68. The highest BCUT2D eigenvalue weighted by atomic mass is 16.5. The first-order valence-electron chi connectivity index (χ1n) is 7.61. The van der Waals surface area contributed by atoms with Crippen LogP contribution in [0.2, 0.25) is 0 Å². The summed E-state index contributed by atoms with van der Waals surface area (Å²) in [5.74, 6) is 1.41. The standard InChI is InChI=1S/C19H19NO4/c1-12-8-14(4-7-18(12)23-3)11-24-19-10-20(13(2)21)17-6-5-15(22)9-16(17)19/h4-10,22H,11H2,1-3H3. The Hall–Kier alpha value is -2.95. The van der Waals surface area contributed by atoms with Crippen LogP contribution in [0.25, 0.3) is 10.9 Å². The first kappa shape index (κ1) is 15.9. The molecule has 124 valence electrons. The Labute approximate surface area is 140 Å². The number of hydrogen-bond donors (Lipinski definition) is 1. The number of nitrogens with zero attached hydrogens (tertiary/aromatic N) is 1. The molecule has 0 saturated heterocycles. The Bertz CT molecular complexity index is 911. The number of methoxy groups -OCH3 is 1. The maximum absolute atomic E-state index is 11.8. The molecule has 0 amide bonds. The van der Waals surface area contributed by atoms with Crippen LogP contribution in [0.15, 0.2) is 42.6 Å². The van der Waals surface area contributed by atoms with E-state index >= 15 is 0 Å². The predicted octanol–water partition coefficient (Wildman–Crippen LogP) is 3.90. The summed E-state index contributed by atoms with van der Waals surface area (Å²) >= 11 is 0. The molecule has 0 fully saturated rings. The van der Waals surface area contributed by atoms with E-state index in [9.17, 15) is 9.90 Å². The lowest BCUT2D eigenvalue weighted by molar-refractivity contribution is 0.0941. The van der Waals surface area contributed by atoms with Crippen LogP contribution >= 0.6 is 0 Å². The molecule has 5 heteroatoms. The molecule has 0 atom stereocenters. The van der Waals surface area contributed by atoms with Crippen molar-refractivity contribution >= 4 is 16.8 Å². The Balaban J connectivity index is 1.91. The van der Waals surface area contributed by atoms with Gasteiger partial charge >= 0.3 is 0 Å². The van der Waals surface area contributed by atoms with Gasteiger partial charge in [0.25, 0.3) is 0 Å². The van der Waals surface area contributed by atoms with Crippen LogP contribution in [-0.2, 0) is 6.61 Å². The first-order valence-corrected chi connectivity index (χ1v) is 7.61. The van der Waals surface area contributed by atoms with Gasteiger partial charge in [-0.1, -0.05) is 6.07 Å². The van der Waals surface area contributed by atoms with Crippen molar-refractivity contribution in [3.8, 4) is 17.2 Å². The minimum absolute atomic E-state index is 0.110. The third kappa shape index (κ3) is 2.93. The number of aromatic nitrogens is 1. The Morgan fingerprint density at radius 1 is 1.17 bits per heavy atom. The van der Waals surface area contributed by atoms with Gasteiger partial charge in [-0.05, 0) is 48.4 Å². The monoisotopic (exact) mass is 325 g/mol. The van der Waals surface area contributed by atoms with Gasteiger partial charge in [0.1, 0.15) is 23.9 Å². The molecule has 3 aromatic rings. The lowest BCUT2D eigenvalue weighted by Gasteiger charge is -2.08. The molecular weight excluding hydrogens is 306 g/mol. The van der Waals surface area contributed by atoms with Crippen molar-refractivity contribution in [2.45, 2.75) is 20.5 Å². The molecule has 0 saturated carbocycles. The molecule has 0 unspecified atom stereocenters. The summed E-state index contributed by atoms with van der Waals surface area (Å²) in [6.45, 7) is 3.82. The van der Waals surface area contributed by atoms with Crippen molar-refractivity contribution in [3.63, 3.8) is 0 Å². The van der Waals surface area contributed by atoms with E-state index in [1.807, 2.05) is 25.1 Å². The van der Waals surface area contributed by atoms with E-state index in [0.29, 0.717) is 23.3 Å². The van der Waals surface area contributed by atoms with Crippen LogP contribution in [0.5, 0.6) is 17.2 Å². The fourth-order valence-corrected chi connectivity index (χ4v) is 2.75. The molecule has 0 spiro atoms. The predicted molar refractivity (Wildman–Crippen MR) is 92.0 cm³/mol. The molecule has 1 N–H and O–H groups in total. The molecule has 5 nitrogen and oxygen atoms in total. The van der Waals surface area contributed by atoms with Gasteiger partial charge in [-0.15, -0.1) is 0 Å². The number of hydrogen-bond acceptors (Lipinski definition) is 4. The number of phenolic OH excluding ortho intramolecular Hbond substituents is 1. The van der Waals surface area contributed by atoms with E-state index in [1.54, 1.807) is 31.5 Å². The van der Waals surface area contributed by atoms with Crippen LogP contribution in [0.1, 0.15) is 22.8 Å². The van der Waals surface area contributed by atoms with Gasteiger partial charge in [0.05, 0.1) is 18.8 Å². The normalized spacial score (nSPS) is 10.8. The van der Waals surface area contributed by atoms with Gasteiger partial charge < -0.3 is 14.6 Å². The van der Waals surface area contributed by atoms with Gasteiger partial charge in [0, 0.05) is 12.3 Å². The average Bonchev–Trinajstić information content (AvgIpc) is 2.91. The van der Waals surface area contributed by atoms with E-state index < -0.39 is 0 Å². The van der Waals surface area contributed by atoms with E-state index in [4.69, 9.17) is 9.47 Å². The molecule has 1 heterocycles. The summed E-state index contributed by atoms with van der Waals surface area (Å²) in [6.07, 6.45) is 1.66. The number of ether oxygens (including phenoxy) is 2. The lowest BCUT2D eigenvalue weighted by atomic mass is 10.1. The Kier molecular flexibility index (Phi) is 4.16. The summed E-state index contributed by atoms with van der Waals surface area (Å²) in [5.41, 5.74) is 2.74. The zero-order chi connectivity index (χ0) is 17.3. The topological polar surface area (TPSA) is 60.7 Å². The highest BCUT2D eigenvalue weighted by Gasteiger charge is 2.13. The molecule has 3 rings (SSSR count). The number of phenols is 1. The van der Waals surface area contributed by atoms with Gasteiger partial charge in [-0.25, -0.2) is 0 Å². The van der Waals surface area contributed by atoms with Crippen molar-refractivity contribution in [1.29, 1.82) is 0 Å². The van der Waals surface area contributed by atoms with Crippen molar-refractivity contribution in [2.75, 3.05) is 7.11 Å². The third-order valence-electron chi connectivity index (χ3n) is 3.94. The van der Waals surface area contributed by atoms with Gasteiger partial charge in [-0.3, -0.25) is 9.36 Å². The maximum atomic E-state index is 11.8. The van der Waals surface area contributed by atoms with Gasteiger partial charge in [0.2, 0.25) is 5.91 Å². The fourth-order valence-electron chi connectivity index (χ4n) is 2.75. The summed E-state index contributed by atoms with van der Waals surface area (Å²) < 4.78 is 12.7. The number of aryl methyl sites for hydroxylation is 1. The summed E-state index contributed by atoms with van der Waals surface area (Å²) in [4.78, 5) is 11.8. The van der Waals surface area contributed by atoms with E-state index in [0.717, 1.165) is 16.9 Å². The second-order valence-corrected chi connectivity index (χ2v) is 5.68. The molecule has 0 radical (unpaired) electrons. The summed E-state index contributed by atoms with van der Waals surface area (Å²) in [5, 5.41) is 10.4. The van der Waals surface area contributed by atoms with Crippen molar-refractivity contribution < 1.29 is 19.4 Å². The first-order chi connectivity index (χ1) is 11.5. The van der Waals surface area contributed by atoms with Crippen molar-refractivity contribution in [1.82, 2.24) is 4.57 Å². The molecule has 0 aliphatic heterocycles. The van der Waals surface area contributed by atoms with E-state index in [-0.39, 0.29) is 11.7 Å². The molecule has 24 heavy (non-hydrogen) atoms. The highest BCUT2D eigenvalue weighted by molar-refractivity contribution is 5.96. The van der Waals surface area contributed by atoms with Crippen LogP contribution in [0.4, 0.5) is 0 Å². The Morgan fingerprint density at radius 3 is 2.62 bits per heavy atom. The molecule has 2 aromatic carbocycles. The van der Waals surface area contributed by atoms with E-state index in [1.165, 1.54) is 11.5 Å². The molecule has 0 aliphatic rings. The van der Waals surface area contributed by atoms with Crippen LogP contribution in [-0.4, -0.2) is 22.7 Å². The smallest absolute Gasteiger partial charge is 0.228 e. The Morgan fingerprint density at radius 2 is 1.96 bits per heavy atom. The van der Waals surface area contributed by atoms with Gasteiger partial charge in [0.15, 0.2) is 0 Å². The number of fused-ring (bicyclic) bond motifs is 1. The van der Waals surface area contributed by atoms with E-state index in [2.05, 4.69) is 0 Å². The SMILES string of the molecule is COc1ccc(COc2cn(C(C)=O)c3ccc(O)cc23)cc1C. The average molecular weight is 325 g/mol. The lowest BCUT2D eigenvalue weighted by Crippen LogP contribution is -2.02. The summed E-state index contributed by atoms with van der Waals surface area (Å²) in [6, 6.07) is 10.7. The summed E-state index contributed by atoms with van der Waals surface area (Å²) in [7, 11) is 1.64. The number of benzene rings is 2. The minimum atomic E-state index is -0.110. The zero-order valence-electron chi connectivity index (χ0n) is 13.9. The molecule has 1 aromatic heterocycles. The maximum Gasteiger partial charge on any atom is 0.228 e. The minimum Gasteiger partial charge on any atom is -0.508 e. The van der Waals surface area contributed by atoms with Crippen LogP contribution in [0, 0.1) is 6.92 Å². The van der Waals surface area contributed by atoms with Crippen LogP contribution in [0.3, 0.4) is 0 Å². The number of carbonyl (C=O) groups excluding carboxylic acids is 1. The largest absolute Gasteiger partial charge is 0.508 e. The van der Waals surface area contributed by atoms with Crippen LogP contribution < -0.4 is 9.47 Å². The fraction of sp³-hybridized carbons (Fsp3) is 0.211. The third-order valence-corrected chi connectivity index (χ3v) is 3.94. The van der Waals surface area contributed by atoms with Crippen molar-refractivity contribution in [3.05, 3.63) is 53.7 Å². The quantitative estimate of drug-likeness (QED) is 0.790. The zero-order valence-corrected chi connectivity index (χ0v) is 13.9. The molecule has 0 aliphatic carbocycles. The second kappa shape index (κ2) is 6.28. The number of aromatic hydroxyl groups is 1.